The standard InChI is InChI=1S/C15H14N4O4/c1-8(2)18-9(3)12(16-17-18)15(22)23-19-13(20)10-6-4-5-7-11(10)14(19)21/h4-8H,1-3H3. The van der Waals surface area contributed by atoms with E-state index in [1.165, 1.54) is 12.1 Å². The van der Waals surface area contributed by atoms with Crippen LogP contribution in [0.5, 0.6) is 0 Å². The first-order valence-corrected chi connectivity index (χ1v) is 7.03. The van der Waals surface area contributed by atoms with E-state index in [-0.39, 0.29) is 22.9 Å². The first-order valence-electron chi connectivity index (χ1n) is 7.03. The number of nitrogens with zero attached hydrogens (tertiary/aromatic N) is 4. The highest BCUT2D eigenvalue weighted by Gasteiger charge is 2.39. The number of hydrogen-bond acceptors (Lipinski definition) is 6. The molecule has 0 spiro atoms. The highest BCUT2D eigenvalue weighted by Crippen LogP contribution is 2.23. The first kappa shape index (κ1) is 14.9. The highest BCUT2D eigenvalue weighted by atomic mass is 16.7. The molecule has 1 aliphatic heterocycles. The Morgan fingerprint density at radius 2 is 1.70 bits per heavy atom. The number of carbonyl (C=O) groups excluding carboxylic acids is 3. The maximum absolute atomic E-state index is 12.2. The van der Waals surface area contributed by atoms with Gasteiger partial charge in [-0.3, -0.25) is 9.59 Å². The number of rotatable bonds is 3. The lowest BCUT2D eigenvalue weighted by molar-refractivity contribution is -0.0589. The SMILES string of the molecule is Cc1c(C(=O)ON2C(=O)c3ccccc3C2=O)nnn1C(C)C. The average molecular weight is 314 g/mol. The van der Waals surface area contributed by atoms with Crippen LogP contribution in [0.15, 0.2) is 24.3 Å². The molecule has 1 aromatic carbocycles. The van der Waals surface area contributed by atoms with Gasteiger partial charge in [0, 0.05) is 6.04 Å². The molecule has 0 saturated heterocycles. The Labute approximate surface area is 131 Å². The van der Waals surface area contributed by atoms with Crippen LogP contribution < -0.4 is 0 Å². The van der Waals surface area contributed by atoms with Gasteiger partial charge in [-0.25, -0.2) is 9.48 Å². The van der Waals surface area contributed by atoms with E-state index in [9.17, 15) is 14.4 Å². The molecular weight excluding hydrogens is 300 g/mol. The van der Waals surface area contributed by atoms with Gasteiger partial charge in [0.15, 0.2) is 5.69 Å². The zero-order valence-electron chi connectivity index (χ0n) is 12.8. The summed E-state index contributed by atoms with van der Waals surface area (Å²) < 4.78 is 1.55. The predicted octanol–water partition coefficient (Wildman–Crippen LogP) is 1.54. The van der Waals surface area contributed by atoms with Crippen LogP contribution in [0.25, 0.3) is 0 Å². The Hall–Kier alpha value is -3.03. The van der Waals surface area contributed by atoms with Gasteiger partial charge < -0.3 is 4.84 Å². The van der Waals surface area contributed by atoms with Gasteiger partial charge >= 0.3 is 5.97 Å². The number of carbonyl (C=O) groups is 3. The van der Waals surface area contributed by atoms with Crippen LogP contribution in [0.1, 0.15) is 56.8 Å². The van der Waals surface area contributed by atoms with Gasteiger partial charge in [-0.15, -0.1) is 5.10 Å². The van der Waals surface area contributed by atoms with Crippen LogP contribution in [0.4, 0.5) is 0 Å². The second kappa shape index (κ2) is 5.31. The second-order valence-corrected chi connectivity index (χ2v) is 5.39. The van der Waals surface area contributed by atoms with E-state index in [0.29, 0.717) is 10.8 Å². The number of aromatic nitrogens is 3. The number of fused-ring (bicyclic) bond motifs is 1. The molecule has 0 unspecified atom stereocenters. The quantitative estimate of drug-likeness (QED) is 0.798. The molecule has 1 aliphatic rings. The van der Waals surface area contributed by atoms with Gasteiger partial charge in [0.25, 0.3) is 11.8 Å². The summed E-state index contributed by atoms with van der Waals surface area (Å²) in [5.74, 6) is -2.25. The normalized spacial score (nSPS) is 13.7. The molecule has 23 heavy (non-hydrogen) atoms. The fraction of sp³-hybridized carbons (Fsp3) is 0.267. The molecule has 8 heteroatoms. The number of hydrogen-bond donors (Lipinski definition) is 0. The van der Waals surface area contributed by atoms with Crippen molar-refractivity contribution in [3.05, 3.63) is 46.8 Å². The summed E-state index contributed by atoms with van der Waals surface area (Å²) in [6.45, 7) is 5.45. The lowest BCUT2D eigenvalue weighted by atomic mass is 10.1. The molecule has 0 radical (unpaired) electrons. The van der Waals surface area contributed by atoms with Crippen molar-refractivity contribution in [2.75, 3.05) is 0 Å². The minimum Gasteiger partial charge on any atom is -0.322 e. The molecule has 8 nitrogen and oxygen atoms in total. The van der Waals surface area contributed by atoms with Crippen molar-refractivity contribution in [3.63, 3.8) is 0 Å². The summed E-state index contributed by atoms with van der Waals surface area (Å²) in [5, 5.41) is 8.09. The topological polar surface area (TPSA) is 94.4 Å². The van der Waals surface area contributed by atoms with Crippen molar-refractivity contribution in [1.82, 2.24) is 20.1 Å². The van der Waals surface area contributed by atoms with Crippen LogP contribution in [0.2, 0.25) is 0 Å². The lowest BCUT2D eigenvalue weighted by Gasteiger charge is -2.12. The van der Waals surface area contributed by atoms with E-state index in [1.54, 1.807) is 23.7 Å². The van der Waals surface area contributed by atoms with Crippen LogP contribution in [-0.4, -0.2) is 37.8 Å². The minimum absolute atomic E-state index is 0.0170. The Morgan fingerprint density at radius 1 is 1.13 bits per heavy atom. The van der Waals surface area contributed by atoms with Crippen molar-refractivity contribution in [2.45, 2.75) is 26.8 Å². The molecule has 0 N–H and O–H groups in total. The third-order valence-corrected chi connectivity index (χ3v) is 3.54. The summed E-state index contributed by atoms with van der Waals surface area (Å²) >= 11 is 0. The first-order chi connectivity index (χ1) is 10.9. The van der Waals surface area contributed by atoms with Crippen LogP contribution in [-0.2, 0) is 4.84 Å². The number of benzene rings is 1. The summed E-state index contributed by atoms with van der Waals surface area (Å²) in [7, 11) is 0. The van der Waals surface area contributed by atoms with Crippen molar-refractivity contribution >= 4 is 17.8 Å². The van der Waals surface area contributed by atoms with Crippen LogP contribution in [0, 0.1) is 6.92 Å². The molecule has 0 bridgehead atoms. The maximum atomic E-state index is 12.2. The molecule has 0 fully saturated rings. The van der Waals surface area contributed by atoms with Crippen molar-refractivity contribution in [1.29, 1.82) is 0 Å². The monoisotopic (exact) mass is 314 g/mol. The molecule has 118 valence electrons. The van der Waals surface area contributed by atoms with E-state index < -0.39 is 17.8 Å². The zero-order valence-corrected chi connectivity index (χ0v) is 12.8. The Morgan fingerprint density at radius 3 is 2.17 bits per heavy atom. The fourth-order valence-electron chi connectivity index (χ4n) is 2.40. The molecular formula is C15H14N4O4. The molecule has 0 aliphatic carbocycles. The van der Waals surface area contributed by atoms with Crippen molar-refractivity contribution in [2.24, 2.45) is 0 Å². The summed E-state index contributed by atoms with van der Waals surface area (Å²) in [5.41, 5.74) is 0.873. The molecule has 2 aromatic rings. The number of amides is 2. The van der Waals surface area contributed by atoms with Crippen LogP contribution >= 0.6 is 0 Å². The summed E-state index contributed by atoms with van der Waals surface area (Å²) in [4.78, 5) is 41.5. The van der Waals surface area contributed by atoms with E-state index in [1.807, 2.05) is 13.8 Å². The summed E-state index contributed by atoms with van der Waals surface area (Å²) in [6.07, 6.45) is 0. The molecule has 2 amide bonds. The third-order valence-electron chi connectivity index (χ3n) is 3.54. The second-order valence-electron chi connectivity index (χ2n) is 5.39. The molecule has 2 heterocycles. The smallest absolute Gasteiger partial charge is 0.322 e. The van der Waals surface area contributed by atoms with Gasteiger partial charge in [-0.1, -0.05) is 22.4 Å². The molecule has 0 atom stereocenters. The third kappa shape index (κ3) is 2.28. The largest absolute Gasteiger partial charge is 0.385 e. The predicted molar refractivity (Wildman–Crippen MR) is 77.5 cm³/mol. The molecule has 3 rings (SSSR count). The van der Waals surface area contributed by atoms with Gasteiger partial charge in [-0.05, 0) is 32.9 Å². The van der Waals surface area contributed by atoms with Crippen molar-refractivity contribution < 1.29 is 19.2 Å². The maximum Gasteiger partial charge on any atom is 0.385 e. The average Bonchev–Trinajstić information content (AvgIpc) is 3.02. The highest BCUT2D eigenvalue weighted by molar-refractivity contribution is 6.21. The van der Waals surface area contributed by atoms with Gasteiger partial charge in [-0.2, -0.15) is 0 Å². The number of hydroxylamine groups is 2. The van der Waals surface area contributed by atoms with E-state index in [2.05, 4.69) is 10.3 Å². The Kier molecular flexibility index (Phi) is 3.44. The van der Waals surface area contributed by atoms with Gasteiger partial charge in [0.05, 0.1) is 16.8 Å². The van der Waals surface area contributed by atoms with Crippen molar-refractivity contribution in [3.8, 4) is 0 Å². The van der Waals surface area contributed by atoms with Gasteiger partial charge in [0.2, 0.25) is 0 Å². The summed E-state index contributed by atoms with van der Waals surface area (Å²) in [6, 6.07) is 6.29. The van der Waals surface area contributed by atoms with E-state index >= 15 is 0 Å². The fourth-order valence-corrected chi connectivity index (χ4v) is 2.40. The molecule has 0 saturated carbocycles. The van der Waals surface area contributed by atoms with Gasteiger partial charge in [0.1, 0.15) is 0 Å². The van der Waals surface area contributed by atoms with E-state index in [4.69, 9.17) is 4.84 Å². The zero-order chi connectivity index (χ0) is 16.7. The Balaban J connectivity index is 1.85. The Bertz CT molecular complexity index is 790. The van der Waals surface area contributed by atoms with E-state index in [0.717, 1.165) is 0 Å². The molecule has 1 aromatic heterocycles. The lowest BCUT2D eigenvalue weighted by Crippen LogP contribution is -2.33. The van der Waals surface area contributed by atoms with Crippen LogP contribution in [0.3, 0.4) is 0 Å². The minimum atomic E-state index is -0.899. The number of imide groups is 1.